The van der Waals surface area contributed by atoms with Crippen LogP contribution in [0.1, 0.15) is 17.0 Å². The van der Waals surface area contributed by atoms with Crippen LogP contribution in [-0.4, -0.2) is 63.5 Å². The van der Waals surface area contributed by atoms with Crippen LogP contribution in [0.2, 0.25) is 0 Å². The number of aryl methyl sites for hydroxylation is 1. The fraction of sp³-hybridized carbons (Fsp3) is 0.562. The number of hydrogen-bond donors (Lipinski definition) is 2. The molecule has 2 N–H and O–H groups in total. The summed E-state index contributed by atoms with van der Waals surface area (Å²) in [5, 5.41) is 17.5. The summed E-state index contributed by atoms with van der Waals surface area (Å²) in [6.45, 7) is 4.30. The van der Waals surface area contributed by atoms with Crippen molar-refractivity contribution in [2.45, 2.75) is 26.0 Å². The molecule has 23 heavy (non-hydrogen) atoms. The molecule has 2 aromatic heterocycles. The van der Waals surface area contributed by atoms with Gasteiger partial charge in [-0.1, -0.05) is 0 Å². The molecule has 0 spiro atoms. The largest absolute Gasteiger partial charge is 0.391 e. The Morgan fingerprint density at radius 2 is 2.04 bits per heavy atom. The lowest BCUT2D eigenvalue weighted by atomic mass is 10.0. The van der Waals surface area contributed by atoms with Gasteiger partial charge in [-0.3, -0.25) is 10.00 Å². The zero-order valence-electron chi connectivity index (χ0n) is 13.9. The van der Waals surface area contributed by atoms with Crippen LogP contribution < -0.4 is 4.90 Å². The molecule has 3 heterocycles. The smallest absolute Gasteiger partial charge is 0.224 e. The third kappa shape index (κ3) is 3.86. The number of likely N-dealkylation sites (tertiary alicyclic amines) is 1. The van der Waals surface area contributed by atoms with Gasteiger partial charge >= 0.3 is 0 Å². The van der Waals surface area contributed by atoms with Crippen molar-refractivity contribution in [2.75, 3.05) is 32.1 Å². The average molecular weight is 316 g/mol. The number of aliphatic hydroxyl groups is 1. The molecule has 0 bridgehead atoms. The molecule has 0 aliphatic carbocycles. The number of aliphatic hydroxyl groups excluding tert-OH is 1. The standard InChI is InChI=1S/C16H24N6O/c1-11-4-14(20-19-11)5-13-9-22(10-15(13)23)8-12-6-17-16(18-7-12)21(2)3/h4,6-7,13,15,23H,5,8-10H2,1-3H3,(H,19,20). The van der Waals surface area contributed by atoms with Crippen LogP contribution in [0.15, 0.2) is 18.5 Å². The van der Waals surface area contributed by atoms with Crippen LogP contribution >= 0.6 is 0 Å². The predicted molar refractivity (Wildman–Crippen MR) is 88.2 cm³/mol. The Kier molecular flexibility index (Phi) is 4.58. The van der Waals surface area contributed by atoms with E-state index in [-0.39, 0.29) is 12.0 Å². The van der Waals surface area contributed by atoms with Gasteiger partial charge in [-0.15, -0.1) is 0 Å². The first-order valence-electron chi connectivity index (χ1n) is 7.91. The second kappa shape index (κ2) is 6.64. The van der Waals surface area contributed by atoms with Gasteiger partial charge in [0.25, 0.3) is 0 Å². The Morgan fingerprint density at radius 3 is 2.65 bits per heavy atom. The summed E-state index contributed by atoms with van der Waals surface area (Å²) in [6.07, 6.45) is 4.21. The Balaban J connectivity index is 1.57. The monoisotopic (exact) mass is 316 g/mol. The lowest BCUT2D eigenvalue weighted by Crippen LogP contribution is -2.22. The van der Waals surface area contributed by atoms with Crippen LogP contribution in [0.3, 0.4) is 0 Å². The molecule has 124 valence electrons. The van der Waals surface area contributed by atoms with Crippen LogP contribution in [0, 0.1) is 12.8 Å². The minimum absolute atomic E-state index is 0.222. The van der Waals surface area contributed by atoms with Crippen molar-refractivity contribution in [2.24, 2.45) is 5.92 Å². The predicted octanol–water partition coefficient (Wildman–Crippen LogP) is 0.610. The van der Waals surface area contributed by atoms with Gasteiger partial charge in [-0.05, 0) is 19.4 Å². The minimum Gasteiger partial charge on any atom is -0.391 e. The topological polar surface area (TPSA) is 81.2 Å². The quantitative estimate of drug-likeness (QED) is 0.841. The number of H-pyrrole nitrogens is 1. The molecule has 0 saturated carbocycles. The van der Waals surface area contributed by atoms with Gasteiger partial charge in [-0.2, -0.15) is 5.10 Å². The van der Waals surface area contributed by atoms with E-state index in [0.717, 1.165) is 36.5 Å². The Labute approximate surface area is 136 Å². The number of anilines is 1. The van der Waals surface area contributed by atoms with E-state index in [0.29, 0.717) is 12.5 Å². The van der Waals surface area contributed by atoms with E-state index in [2.05, 4.69) is 25.1 Å². The van der Waals surface area contributed by atoms with Crippen molar-refractivity contribution in [3.8, 4) is 0 Å². The normalized spacial score (nSPS) is 21.7. The number of hydrogen-bond acceptors (Lipinski definition) is 6. The van der Waals surface area contributed by atoms with Crippen LogP contribution in [0.4, 0.5) is 5.95 Å². The maximum absolute atomic E-state index is 10.3. The summed E-state index contributed by atoms with van der Waals surface area (Å²) in [4.78, 5) is 12.8. The Morgan fingerprint density at radius 1 is 1.30 bits per heavy atom. The summed E-state index contributed by atoms with van der Waals surface area (Å²) in [5.41, 5.74) is 3.15. The molecule has 0 aromatic carbocycles. The van der Waals surface area contributed by atoms with Crippen molar-refractivity contribution in [3.05, 3.63) is 35.4 Å². The molecule has 1 saturated heterocycles. The Bertz CT molecular complexity index is 638. The van der Waals surface area contributed by atoms with E-state index in [4.69, 9.17) is 0 Å². The van der Waals surface area contributed by atoms with E-state index in [9.17, 15) is 5.11 Å². The number of nitrogens with one attached hydrogen (secondary N) is 1. The molecule has 2 atom stereocenters. The van der Waals surface area contributed by atoms with Gasteiger partial charge < -0.3 is 10.0 Å². The molecule has 1 aliphatic heterocycles. The van der Waals surface area contributed by atoms with Crippen molar-refractivity contribution in [1.82, 2.24) is 25.1 Å². The van der Waals surface area contributed by atoms with E-state index in [1.165, 1.54) is 0 Å². The highest BCUT2D eigenvalue weighted by Gasteiger charge is 2.31. The molecule has 3 rings (SSSR count). The summed E-state index contributed by atoms with van der Waals surface area (Å²) in [7, 11) is 3.85. The van der Waals surface area contributed by atoms with E-state index in [1.807, 2.05) is 44.4 Å². The van der Waals surface area contributed by atoms with Crippen molar-refractivity contribution < 1.29 is 5.11 Å². The molecule has 1 fully saturated rings. The van der Waals surface area contributed by atoms with Crippen LogP contribution in [-0.2, 0) is 13.0 Å². The molecule has 1 aliphatic rings. The molecular weight excluding hydrogens is 292 g/mol. The number of aromatic amines is 1. The molecule has 7 nitrogen and oxygen atoms in total. The summed E-state index contributed by atoms with van der Waals surface area (Å²) in [5.74, 6) is 0.932. The molecule has 2 unspecified atom stereocenters. The highest BCUT2D eigenvalue weighted by Crippen LogP contribution is 2.22. The maximum Gasteiger partial charge on any atom is 0.224 e. The number of aromatic nitrogens is 4. The van der Waals surface area contributed by atoms with E-state index in [1.54, 1.807) is 0 Å². The zero-order valence-corrected chi connectivity index (χ0v) is 13.9. The fourth-order valence-corrected chi connectivity index (χ4v) is 3.04. The van der Waals surface area contributed by atoms with Crippen molar-refractivity contribution in [3.63, 3.8) is 0 Å². The fourth-order valence-electron chi connectivity index (χ4n) is 3.04. The van der Waals surface area contributed by atoms with Gasteiger partial charge in [0, 0.05) is 63.3 Å². The number of rotatable bonds is 5. The van der Waals surface area contributed by atoms with Gasteiger partial charge in [0.2, 0.25) is 5.95 Å². The third-order valence-corrected chi connectivity index (χ3v) is 4.21. The second-order valence-electron chi connectivity index (χ2n) is 6.55. The van der Waals surface area contributed by atoms with E-state index < -0.39 is 0 Å². The number of nitrogens with zero attached hydrogens (tertiary/aromatic N) is 5. The number of β-amino-alcohol motifs (C(OH)–C–C–N with tert-alkyl or cyclic N) is 1. The van der Waals surface area contributed by atoms with Gasteiger partial charge in [-0.25, -0.2) is 9.97 Å². The lowest BCUT2D eigenvalue weighted by Gasteiger charge is -2.16. The third-order valence-electron chi connectivity index (χ3n) is 4.21. The van der Waals surface area contributed by atoms with Gasteiger partial charge in [0.15, 0.2) is 0 Å². The highest BCUT2D eigenvalue weighted by atomic mass is 16.3. The second-order valence-corrected chi connectivity index (χ2v) is 6.55. The zero-order chi connectivity index (χ0) is 16.4. The average Bonchev–Trinajstić information content (AvgIpc) is 3.06. The lowest BCUT2D eigenvalue weighted by molar-refractivity contribution is 0.140. The Hall–Kier alpha value is -1.99. The maximum atomic E-state index is 10.3. The molecule has 7 heteroatoms. The summed E-state index contributed by atoms with van der Waals surface area (Å²) >= 11 is 0. The van der Waals surface area contributed by atoms with Crippen molar-refractivity contribution in [1.29, 1.82) is 0 Å². The molecule has 0 radical (unpaired) electrons. The SMILES string of the molecule is Cc1cc(CC2CN(Cc3cnc(N(C)C)nc3)CC2O)n[nH]1. The minimum atomic E-state index is -0.311. The first-order chi connectivity index (χ1) is 11.0. The van der Waals surface area contributed by atoms with Crippen molar-refractivity contribution >= 4 is 5.95 Å². The molecule has 2 aromatic rings. The molecule has 0 amide bonds. The van der Waals surface area contributed by atoms with Gasteiger partial charge in [0.1, 0.15) is 0 Å². The first kappa shape index (κ1) is 15.9. The molecular formula is C16H24N6O. The summed E-state index contributed by atoms with van der Waals surface area (Å²) < 4.78 is 0. The highest BCUT2D eigenvalue weighted by molar-refractivity contribution is 5.26. The van der Waals surface area contributed by atoms with Crippen LogP contribution in [0.5, 0.6) is 0 Å². The first-order valence-corrected chi connectivity index (χ1v) is 7.91. The summed E-state index contributed by atoms with van der Waals surface area (Å²) in [6, 6.07) is 2.04. The van der Waals surface area contributed by atoms with E-state index >= 15 is 0 Å². The van der Waals surface area contributed by atoms with Gasteiger partial charge in [0.05, 0.1) is 11.8 Å². The van der Waals surface area contributed by atoms with Crippen LogP contribution in [0.25, 0.3) is 0 Å².